The molecule has 0 aliphatic carbocycles. The van der Waals surface area contributed by atoms with Crippen molar-refractivity contribution >= 4 is 33.6 Å². The van der Waals surface area contributed by atoms with E-state index < -0.39 is 35.4 Å². The van der Waals surface area contributed by atoms with Crippen LogP contribution >= 0.6 is 15.9 Å². The van der Waals surface area contributed by atoms with Crippen LogP contribution in [0.3, 0.4) is 0 Å². The summed E-state index contributed by atoms with van der Waals surface area (Å²) < 4.78 is 26.6. The first-order valence-electron chi connectivity index (χ1n) is 5.23. The number of carbonyl (C=O) groups is 2. The molecule has 1 atom stereocenters. The molecule has 8 heteroatoms. The molecule has 1 unspecified atom stereocenters. The molecule has 3 N–H and O–H groups in total. The third kappa shape index (κ3) is 4.20. The topological polar surface area (TPSA) is 78.4 Å². The highest BCUT2D eigenvalue weighted by Crippen LogP contribution is 2.23. The van der Waals surface area contributed by atoms with Gasteiger partial charge in [-0.15, -0.1) is 12.3 Å². The Hall–Kier alpha value is -2.14. The Balaban J connectivity index is 2.79. The fourth-order valence-electron chi connectivity index (χ4n) is 1.25. The molecule has 0 saturated heterocycles. The second kappa shape index (κ2) is 6.86. The predicted molar refractivity (Wildman–Crippen MR) is 71.1 cm³/mol. The molecule has 20 heavy (non-hydrogen) atoms. The first-order chi connectivity index (χ1) is 9.35. The summed E-state index contributed by atoms with van der Waals surface area (Å²) in [7, 11) is 0. The van der Waals surface area contributed by atoms with Crippen LogP contribution in [-0.2, 0) is 4.79 Å². The van der Waals surface area contributed by atoms with Crippen molar-refractivity contribution in [3.05, 3.63) is 28.2 Å². The number of hydrogen-bond acceptors (Lipinski definition) is 2. The van der Waals surface area contributed by atoms with E-state index >= 15 is 0 Å². The van der Waals surface area contributed by atoms with Crippen molar-refractivity contribution < 1.29 is 23.5 Å². The molecule has 0 aliphatic heterocycles. The minimum absolute atomic E-state index is 0.100. The lowest BCUT2D eigenvalue weighted by Crippen LogP contribution is -2.42. The summed E-state index contributed by atoms with van der Waals surface area (Å²) in [5, 5.41) is 12.8. The summed E-state index contributed by atoms with van der Waals surface area (Å²) >= 11 is 2.78. The monoisotopic (exact) mass is 346 g/mol. The fourth-order valence-corrected chi connectivity index (χ4v) is 1.57. The number of anilines is 1. The van der Waals surface area contributed by atoms with Gasteiger partial charge in [-0.25, -0.2) is 18.4 Å². The first kappa shape index (κ1) is 15.9. The molecule has 5 nitrogen and oxygen atoms in total. The van der Waals surface area contributed by atoms with Gasteiger partial charge in [0.1, 0.15) is 17.7 Å². The summed E-state index contributed by atoms with van der Waals surface area (Å²) in [6.45, 7) is 0. The third-order valence-corrected chi connectivity index (χ3v) is 2.79. The smallest absolute Gasteiger partial charge is 0.327 e. The van der Waals surface area contributed by atoms with Gasteiger partial charge in [-0.3, -0.25) is 0 Å². The summed E-state index contributed by atoms with van der Waals surface area (Å²) in [5.74, 6) is -0.905. The number of aliphatic carboxylic acids is 1. The van der Waals surface area contributed by atoms with E-state index in [1.807, 2.05) is 10.6 Å². The van der Waals surface area contributed by atoms with Crippen molar-refractivity contribution in [3.63, 3.8) is 0 Å². The van der Waals surface area contributed by atoms with Gasteiger partial charge in [-0.2, -0.15) is 0 Å². The Kier molecular flexibility index (Phi) is 5.46. The van der Waals surface area contributed by atoms with Gasteiger partial charge in [0.25, 0.3) is 0 Å². The number of hydrogen-bond donors (Lipinski definition) is 3. The largest absolute Gasteiger partial charge is 0.480 e. The zero-order valence-corrected chi connectivity index (χ0v) is 11.5. The number of benzene rings is 1. The van der Waals surface area contributed by atoms with Crippen LogP contribution < -0.4 is 10.6 Å². The SMILES string of the molecule is C#CCC(NC(=O)Nc1cc(F)c(Br)cc1F)C(=O)O. The average molecular weight is 347 g/mol. The lowest BCUT2D eigenvalue weighted by molar-refractivity contribution is -0.139. The summed E-state index contributed by atoms with van der Waals surface area (Å²) in [4.78, 5) is 22.3. The van der Waals surface area contributed by atoms with E-state index in [0.717, 1.165) is 12.1 Å². The standard InChI is InChI=1S/C12H9BrF2N2O3/c1-2-3-9(11(18)19)16-12(20)17-10-5-7(14)6(13)4-8(10)15/h1,4-5,9H,3H2,(H,18,19)(H2,16,17,20). The van der Waals surface area contributed by atoms with Crippen molar-refractivity contribution in [2.75, 3.05) is 5.32 Å². The maximum absolute atomic E-state index is 13.4. The zero-order chi connectivity index (χ0) is 15.3. The van der Waals surface area contributed by atoms with Gasteiger partial charge in [0.05, 0.1) is 10.2 Å². The van der Waals surface area contributed by atoms with Crippen LogP contribution in [0.5, 0.6) is 0 Å². The Bertz CT molecular complexity index is 587. The Morgan fingerprint density at radius 2 is 2.05 bits per heavy atom. The van der Waals surface area contributed by atoms with Crippen LogP contribution in [0, 0.1) is 24.0 Å². The van der Waals surface area contributed by atoms with Crippen molar-refractivity contribution in [1.82, 2.24) is 5.32 Å². The summed E-state index contributed by atoms with van der Waals surface area (Å²) in [5.41, 5.74) is -0.423. The molecule has 0 spiro atoms. The number of halogens is 3. The lowest BCUT2D eigenvalue weighted by atomic mass is 10.2. The maximum atomic E-state index is 13.4. The van der Waals surface area contributed by atoms with Crippen LogP contribution in [0.25, 0.3) is 0 Å². The molecule has 0 fully saturated rings. The van der Waals surface area contributed by atoms with E-state index in [-0.39, 0.29) is 10.9 Å². The zero-order valence-electron chi connectivity index (χ0n) is 9.91. The highest BCUT2D eigenvalue weighted by Gasteiger charge is 2.19. The molecule has 0 aliphatic rings. The van der Waals surface area contributed by atoms with E-state index in [4.69, 9.17) is 11.5 Å². The van der Waals surface area contributed by atoms with E-state index in [1.165, 1.54) is 0 Å². The van der Waals surface area contributed by atoms with Gasteiger partial charge < -0.3 is 15.7 Å². The predicted octanol–water partition coefficient (Wildman–Crippen LogP) is 2.33. The first-order valence-corrected chi connectivity index (χ1v) is 6.02. The molecule has 1 aromatic rings. The highest BCUT2D eigenvalue weighted by molar-refractivity contribution is 9.10. The Labute approximate surface area is 121 Å². The van der Waals surface area contributed by atoms with Crippen molar-refractivity contribution in [2.24, 2.45) is 0 Å². The van der Waals surface area contributed by atoms with Crippen LogP contribution in [0.4, 0.5) is 19.3 Å². The average Bonchev–Trinajstić information content (AvgIpc) is 2.35. The number of urea groups is 1. The molecule has 0 aromatic heterocycles. The minimum Gasteiger partial charge on any atom is -0.480 e. The van der Waals surface area contributed by atoms with Crippen molar-refractivity contribution in [1.29, 1.82) is 0 Å². The van der Waals surface area contributed by atoms with E-state index in [1.54, 1.807) is 0 Å². The molecule has 106 valence electrons. The summed E-state index contributed by atoms with van der Waals surface area (Å²) in [6.07, 6.45) is 4.72. The number of nitrogens with one attached hydrogen (secondary N) is 2. The minimum atomic E-state index is -1.33. The molecule has 0 saturated carbocycles. The van der Waals surface area contributed by atoms with Crippen molar-refractivity contribution in [3.8, 4) is 12.3 Å². The van der Waals surface area contributed by atoms with Crippen LogP contribution in [0.15, 0.2) is 16.6 Å². The van der Waals surface area contributed by atoms with Crippen molar-refractivity contribution in [2.45, 2.75) is 12.5 Å². The van der Waals surface area contributed by atoms with E-state index in [2.05, 4.69) is 21.9 Å². The van der Waals surface area contributed by atoms with E-state index in [0.29, 0.717) is 0 Å². The van der Waals surface area contributed by atoms with Crippen LogP contribution in [0.2, 0.25) is 0 Å². The number of amides is 2. The van der Waals surface area contributed by atoms with Crippen LogP contribution in [0.1, 0.15) is 6.42 Å². The van der Waals surface area contributed by atoms with Gasteiger partial charge in [-0.1, -0.05) is 0 Å². The number of rotatable bonds is 4. The number of carboxylic acids is 1. The third-order valence-electron chi connectivity index (χ3n) is 2.18. The lowest BCUT2D eigenvalue weighted by Gasteiger charge is -2.13. The number of terminal acetylenes is 1. The molecular weight excluding hydrogens is 338 g/mol. The van der Waals surface area contributed by atoms with E-state index in [9.17, 15) is 18.4 Å². The normalized spacial score (nSPS) is 11.3. The fraction of sp³-hybridized carbons (Fsp3) is 0.167. The molecule has 0 radical (unpaired) electrons. The molecule has 2 amide bonds. The second-order valence-corrected chi connectivity index (χ2v) is 4.50. The molecule has 0 bridgehead atoms. The molecule has 1 aromatic carbocycles. The molecular formula is C12H9BrF2N2O3. The Morgan fingerprint density at radius 3 is 2.60 bits per heavy atom. The van der Waals surface area contributed by atoms with Crippen LogP contribution in [-0.4, -0.2) is 23.1 Å². The van der Waals surface area contributed by atoms with Gasteiger partial charge in [0.15, 0.2) is 0 Å². The summed E-state index contributed by atoms with van der Waals surface area (Å²) in [6, 6.07) is -0.728. The number of carboxylic acid groups (broad SMARTS) is 1. The number of carbonyl (C=O) groups excluding carboxylic acids is 1. The Morgan fingerprint density at radius 1 is 1.40 bits per heavy atom. The van der Waals surface area contributed by atoms with Gasteiger partial charge in [-0.05, 0) is 22.0 Å². The highest BCUT2D eigenvalue weighted by atomic mass is 79.9. The van der Waals surface area contributed by atoms with Gasteiger partial charge in [0.2, 0.25) is 0 Å². The van der Waals surface area contributed by atoms with Gasteiger partial charge >= 0.3 is 12.0 Å². The quantitative estimate of drug-likeness (QED) is 0.578. The molecule has 0 heterocycles. The second-order valence-electron chi connectivity index (χ2n) is 3.64. The molecule has 1 rings (SSSR count). The van der Waals surface area contributed by atoms with Gasteiger partial charge in [0, 0.05) is 12.5 Å². The maximum Gasteiger partial charge on any atom is 0.327 e.